The molecule has 0 saturated carbocycles. The second-order valence-electron chi connectivity index (χ2n) is 7.13. The Morgan fingerprint density at radius 1 is 1.00 bits per heavy atom. The highest BCUT2D eigenvalue weighted by Gasteiger charge is 2.15. The van der Waals surface area contributed by atoms with Gasteiger partial charge in [0.25, 0.3) is 0 Å². The number of rotatable bonds is 8. The number of amides is 1. The summed E-state index contributed by atoms with van der Waals surface area (Å²) in [4.78, 5) is 24.3. The van der Waals surface area contributed by atoms with Crippen LogP contribution in [0.1, 0.15) is 16.2 Å². The van der Waals surface area contributed by atoms with Crippen LogP contribution in [0, 0.1) is 0 Å². The number of benzene rings is 3. The molecule has 0 atom stereocenters. The van der Waals surface area contributed by atoms with Crippen molar-refractivity contribution in [1.82, 2.24) is 14.8 Å². The van der Waals surface area contributed by atoms with Crippen LogP contribution in [0.3, 0.4) is 0 Å². The van der Waals surface area contributed by atoms with Gasteiger partial charge in [0.1, 0.15) is 12.4 Å². The number of hydrogen-bond donors (Lipinski definition) is 1. The normalized spacial score (nSPS) is 10.7. The van der Waals surface area contributed by atoms with Crippen molar-refractivity contribution in [2.75, 3.05) is 18.2 Å². The molecule has 9 heteroatoms. The van der Waals surface area contributed by atoms with Gasteiger partial charge in [-0.1, -0.05) is 54.2 Å². The first kappa shape index (κ1) is 22.3. The van der Waals surface area contributed by atoms with Crippen LogP contribution in [0.25, 0.3) is 10.8 Å². The Morgan fingerprint density at radius 2 is 1.76 bits per heavy atom. The molecule has 0 radical (unpaired) electrons. The summed E-state index contributed by atoms with van der Waals surface area (Å²) < 4.78 is 12.4. The van der Waals surface area contributed by atoms with E-state index in [0.29, 0.717) is 22.2 Å². The van der Waals surface area contributed by atoms with Gasteiger partial charge in [0, 0.05) is 7.05 Å². The molecule has 0 saturated heterocycles. The number of anilines is 1. The van der Waals surface area contributed by atoms with Gasteiger partial charge in [-0.2, -0.15) is 0 Å². The van der Waals surface area contributed by atoms with E-state index in [2.05, 4.69) is 21.6 Å². The predicted molar refractivity (Wildman–Crippen MR) is 126 cm³/mol. The third kappa shape index (κ3) is 5.32. The molecular weight excluding hydrogens is 440 g/mol. The first-order valence-electron chi connectivity index (χ1n) is 10.1. The minimum atomic E-state index is -0.511. The quantitative estimate of drug-likeness (QED) is 0.312. The highest BCUT2D eigenvalue weighted by molar-refractivity contribution is 7.99. The van der Waals surface area contributed by atoms with Crippen molar-refractivity contribution in [1.29, 1.82) is 0 Å². The molecule has 0 spiro atoms. The Morgan fingerprint density at radius 3 is 2.58 bits per heavy atom. The number of hydrogen-bond acceptors (Lipinski definition) is 7. The first-order valence-corrected chi connectivity index (χ1v) is 11.1. The highest BCUT2D eigenvalue weighted by Crippen LogP contribution is 2.22. The van der Waals surface area contributed by atoms with Gasteiger partial charge in [-0.15, -0.1) is 10.2 Å². The van der Waals surface area contributed by atoms with Crippen LogP contribution >= 0.6 is 11.8 Å². The fourth-order valence-electron chi connectivity index (χ4n) is 3.20. The van der Waals surface area contributed by atoms with Crippen LogP contribution in [0.15, 0.2) is 71.9 Å². The van der Waals surface area contributed by atoms with E-state index in [1.807, 2.05) is 43.4 Å². The number of carbonyl (C=O) groups excluding carboxylic acids is 2. The van der Waals surface area contributed by atoms with Gasteiger partial charge in [0.15, 0.2) is 11.0 Å². The van der Waals surface area contributed by atoms with Gasteiger partial charge >= 0.3 is 5.97 Å². The molecule has 0 aliphatic rings. The summed E-state index contributed by atoms with van der Waals surface area (Å²) in [6, 6.07) is 20.7. The molecule has 8 nitrogen and oxygen atoms in total. The molecule has 0 aliphatic heterocycles. The molecule has 1 aromatic heterocycles. The molecule has 4 rings (SSSR count). The van der Waals surface area contributed by atoms with Crippen LogP contribution in [0.2, 0.25) is 0 Å². The number of esters is 1. The average Bonchev–Trinajstić information content (AvgIpc) is 3.20. The molecule has 4 aromatic rings. The van der Waals surface area contributed by atoms with Crippen LogP contribution in [0.4, 0.5) is 5.69 Å². The molecule has 1 N–H and O–H groups in total. The van der Waals surface area contributed by atoms with E-state index < -0.39 is 5.97 Å². The van der Waals surface area contributed by atoms with Crippen molar-refractivity contribution in [3.05, 3.63) is 78.1 Å². The molecule has 1 heterocycles. The average molecular weight is 463 g/mol. The minimum Gasteiger partial charge on any atom is -0.486 e. The molecular formula is C24H22N4O4S. The van der Waals surface area contributed by atoms with E-state index in [-0.39, 0.29) is 18.3 Å². The summed E-state index contributed by atoms with van der Waals surface area (Å²) in [6.45, 7) is 0.251. The fourth-order valence-corrected chi connectivity index (χ4v) is 3.93. The van der Waals surface area contributed by atoms with Crippen molar-refractivity contribution in [2.24, 2.45) is 7.05 Å². The Kier molecular flexibility index (Phi) is 6.89. The lowest BCUT2D eigenvalue weighted by molar-refractivity contribution is -0.113. The van der Waals surface area contributed by atoms with Gasteiger partial charge < -0.3 is 19.4 Å². The number of para-hydroxylation sites is 1. The zero-order valence-electron chi connectivity index (χ0n) is 18.1. The molecule has 3 aromatic carbocycles. The van der Waals surface area contributed by atoms with Crippen LogP contribution < -0.4 is 10.1 Å². The summed E-state index contributed by atoms with van der Waals surface area (Å²) >= 11 is 1.24. The van der Waals surface area contributed by atoms with E-state index in [1.54, 1.807) is 28.8 Å². The number of aromatic nitrogens is 3. The second-order valence-corrected chi connectivity index (χ2v) is 8.07. The van der Waals surface area contributed by atoms with Crippen LogP contribution in [-0.4, -0.2) is 39.5 Å². The van der Waals surface area contributed by atoms with E-state index in [1.165, 1.54) is 18.9 Å². The maximum Gasteiger partial charge on any atom is 0.339 e. The molecule has 0 bridgehead atoms. The number of thioether (sulfide) groups is 1. The van der Waals surface area contributed by atoms with E-state index in [4.69, 9.17) is 9.47 Å². The number of ether oxygens (including phenoxy) is 2. The van der Waals surface area contributed by atoms with Gasteiger partial charge in [0.05, 0.1) is 24.1 Å². The van der Waals surface area contributed by atoms with Crippen molar-refractivity contribution >= 4 is 40.1 Å². The smallest absolute Gasteiger partial charge is 0.339 e. The fraction of sp³-hybridized carbons (Fsp3) is 0.167. The van der Waals surface area contributed by atoms with Crippen LogP contribution in [-0.2, 0) is 23.2 Å². The number of carbonyl (C=O) groups is 2. The number of nitrogens with one attached hydrogen (secondary N) is 1. The Balaban J connectivity index is 1.34. The van der Waals surface area contributed by atoms with Crippen molar-refractivity contribution in [3.63, 3.8) is 0 Å². The molecule has 0 aliphatic carbocycles. The molecule has 0 fully saturated rings. The number of nitrogens with zero attached hydrogens (tertiary/aromatic N) is 3. The maximum absolute atomic E-state index is 12.4. The standard InChI is InChI=1S/C24H22N4O4S/c1-28-21(14-32-18-12-11-16-7-3-4-8-17(16)13-18)26-27-24(28)33-15-22(29)25-20-10-6-5-9-19(20)23(30)31-2/h3-13H,14-15H2,1-2H3,(H,25,29). The summed E-state index contributed by atoms with van der Waals surface area (Å²) in [5.41, 5.74) is 0.697. The monoisotopic (exact) mass is 462 g/mol. The predicted octanol–water partition coefficient (Wildman–Crippen LogP) is 4.06. The zero-order chi connectivity index (χ0) is 23.2. The second kappa shape index (κ2) is 10.2. The maximum atomic E-state index is 12.4. The zero-order valence-corrected chi connectivity index (χ0v) is 19.0. The third-order valence-electron chi connectivity index (χ3n) is 4.95. The summed E-state index contributed by atoms with van der Waals surface area (Å²) in [5.74, 6) is 0.709. The SMILES string of the molecule is COC(=O)c1ccccc1NC(=O)CSc1nnc(COc2ccc3ccccc3c2)n1C. The largest absolute Gasteiger partial charge is 0.486 e. The van der Waals surface area contributed by atoms with Gasteiger partial charge in [-0.05, 0) is 35.0 Å². The van der Waals surface area contributed by atoms with Gasteiger partial charge in [0.2, 0.25) is 5.91 Å². The van der Waals surface area contributed by atoms with E-state index in [0.717, 1.165) is 16.5 Å². The van der Waals surface area contributed by atoms with Gasteiger partial charge in [-0.3, -0.25) is 4.79 Å². The molecule has 1 amide bonds. The summed E-state index contributed by atoms with van der Waals surface area (Å²) in [6.07, 6.45) is 0. The molecule has 0 unspecified atom stereocenters. The molecule has 168 valence electrons. The minimum absolute atomic E-state index is 0.104. The Bertz CT molecular complexity index is 1300. The lowest BCUT2D eigenvalue weighted by Gasteiger charge is -2.09. The molecule has 33 heavy (non-hydrogen) atoms. The summed E-state index contributed by atoms with van der Waals surface area (Å²) in [7, 11) is 3.12. The highest BCUT2D eigenvalue weighted by atomic mass is 32.2. The van der Waals surface area contributed by atoms with Crippen LogP contribution in [0.5, 0.6) is 5.75 Å². The lowest BCUT2D eigenvalue weighted by atomic mass is 10.1. The topological polar surface area (TPSA) is 95.3 Å². The Labute approximate surface area is 194 Å². The number of fused-ring (bicyclic) bond motifs is 1. The first-order chi connectivity index (χ1) is 16.0. The van der Waals surface area contributed by atoms with Gasteiger partial charge in [-0.25, -0.2) is 4.79 Å². The van der Waals surface area contributed by atoms with Crippen molar-refractivity contribution in [2.45, 2.75) is 11.8 Å². The van der Waals surface area contributed by atoms with E-state index in [9.17, 15) is 9.59 Å². The third-order valence-corrected chi connectivity index (χ3v) is 5.97. The van der Waals surface area contributed by atoms with Crippen molar-refractivity contribution < 1.29 is 19.1 Å². The lowest BCUT2D eigenvalue weighted by Crippen LogP contribution is -2.17. The number of methoxy groups -OCH3 is 1. The Hall–Kier alpha value is -3.85. The van der Waals surface area contributed by atoms with Crippen molar-refractivity contribution in [3.8, 4) is 5.75 Å². The van der Waals surface area contributed by atoms with E-state index >= 15 is 0 Å². The summed E-state index contributed by atoms with van der Waals surface area (Å²) in [5, 5.41) is 13.9.